The minimum Gasteiger partial charge on any atom is -0.484 e. The summed E-state index contributed by atoms with van der Waals surface area (Å²) in [4.78, 5) is 12.1. The van der Waals surface area contributed by atoms with E-state index in [0.29, 0.717) is 17.2 Å². The molecular weight excluding hydrogens is 394 g/mol. The first-order valence-electron chi connectivity index (χ1n) is 8.93. The molecular formula is C20H21N3O5S. The third-order valence-electron chi connectivity index (χ3n) is 4.02. The Bertz CT molecular complexity index is 1070. The highest BCUT2D eigenvalue weighted by atomic mass is 32.2. The van der Waals surface area contributed by atoms with Crippen LogP contribution in [0.3, 0.4) is 0 Å². The molecule has 152 valence electrons. The average Bonchev–Trinajstić information content (AvgIpc) is 3.11. The predicted octanol–water partition coefficient (Wildman–Crippen LogP) is 3.36. The van der Waals surface area contributed by atoms with E-state index >= 15 is 0 Å². The van der Waals surface area contributed by atoms with Gasteiger partial charge in [0.15, 0.2) is 12.4 Å². The van der Waals surface area contributed by atoms with Gasteiger partial charge in [0, 0.05) is 11.8 Å². The molecule has 1 heterocycles. The largest absolute Gasteiger partial charge is 0.484 e. The number of aromatic nitrogens is 1. The summed E-state index contributed by atoms with van der Waals surface area (Å²) in [6.45, 7) is 3.57. The number of sulfonamides is 1. The van der Waals surface area contributed by atoms with E-state index in [1.54, 1.807) is 6.92 Å². The van der Waals surface area contributed by atoms with Gasteiger partial charge in [-0.05, 0) is 55.3 Å². The fourth-order valence-corrected chi connectivity index (χ4v) is 3.48. The summed E-state index contributed by atoms with van der Waals surface area (Å²) in [5.74, 6) is 0.845. The molecule has 0 saturated heterocycles. The van der Waals surface area contributed by atoms with Crippen LogP contribution >= 0.6 is 0 Å². The zero-order valence-electron chi connectivity index (χ0n) is 16.0. The van der Waals surface area contributed by atoms with E-state index in [0.717, 1.165) is 6.42 Å². The van der Waals surface area contributed by atoms with Crippen LogP contribution in [0.15, 0.2) is 64.0 Å². The molecule has 3 rings (SSSR count). The standard InChI is InChI=1S/C20H21N3O5S/c1-3-15-4-8-17(9-5-15)27-13-20(24)21-16-6-10-18(11-7-16)29(25,26)23-19-12-14(2)28-22-19/h4-12H,3,13H2,1-2H3,(H,21,24)(H,22,23). The number of hydrogen-bond donors (Lipinski definition) is 2. The summed E-state index contributed by atoms with van der Waals surface area (Å²) in [5, 5.41) is 6.26. The molecule has 1 amide bonds. The lowest BCUT2D eigenvalue weighted by atomic mass is 10.2. The quantitative estimate of drug-likeness (QED) is 0.584. The van der Waals surface area contributed by atoms with Crippen molar-refractivity contribution in [3.05, 3.63) is 65.9 Å². The number of benzene rings is 2. The molecule has 3 aromatic rings. The number of carbonyl (C=O) groups excluding carboxylic acids is 1. The van der Waals surface area contributed by atoms with E-state index < -0.39 is 10.0 Å². The molecule has 0 unspecified atom stereocenters. The molecule has 2 N–H and O–H groups in total. The minimum absolute atomic E-state index is 0.0309. The van der Waals surface area contributed by atoms with Crippen molar-refractivity contribution in [3.63, 3.8) is 0 Å². The first-order chi connectivity index (χ1) is 13.9. The van der Waals surface area contributed by atoms with Crippen LogP contribution < -0.4 is 14.8 Å². The van der Waals surface area contributed by atoms with E-state index in [9.17, 15) is 13.2 Å². The first kappa shape index (κ1) is 20.4. The summed E-state index contributed by atoms with van der Waals surface area (Å²) in [5.41, 5.74) is 1.64. The van der Waals surface area contributed by atoms with Crippen molar-refractivity contribution < 1.29 is 22.5 Å². The van der Waals surface area contributed by atoms with Crippen molar-refractivity contribution in [2.75, 3.05) is 16.6 Å². The lowest BCUT2D eigenvalue weighted by Crippen LogP contribution is -2.20. The highest BCUT2D eigenvalue weighted by molar-refractivity contribution is 7.92. The minimum atomic E-state index is -3.81. The number of anilines is 2. The Morgan fingerprint density at radius 1 is 1.10 bits per heavy atom. The van der Waals surface area contributed by atoms with Gasteiger partial charge in [-0.1, -0.05) is 24.2 Å². The molecule has 0 spiro atoms. The summed E-state index contributed by atoms with van der Waals surface area (Å²) >= 11 is 0. The van der Waals surface area contributed by atoms with Crippen LogP contribution in [0.2, 0.25) is 0 Å². The Hall–Kier alpha value is -3.33. The second kappa shape index (κ2) is 8.78. The molecule has 0 radical (unpaired) electrons. The number of nitrogens with one attached hydrogen (secondary N) is 2. The highest BCUT2D eigenvalue weighted by Crippen LogP contribution is 2.18. The maximum absolute atomic E-state index is 12.3. The maximum atomic E-state index is 12.3. The van der Waals surface area contributed by atoms with Crippen molar-refractivity contribution in [2.24, 2.45) is 0 Å². The SMILES string of the molecule is CCc1ccc(OCC(=O)Nc2ccc(S(=O)(=O)Nc3cc(C)on3)cc2)cc1. The molecule has 0 aliphatic rings. The summed E-state index contributed by atoms with van der Waals surface area (Å²) in [7, 11) is -3.81. The molecule has 0 atom stereocenters. The molecule has 0 fully saturated rings. The number of hydrogen-bond acceptors (Lipinski definition) is 6. The summed E-state index contributed by atoms with van der Waals surface area (Å²) in [6.07, 6.45) is 0.931. The summed E-state index contributed by atoms with van der Waals surface area (Å²) < 4.78 is 37.3. The van der Waals surface area contributed by atoms with Crippen LogP contribution in [0.5, 0.6) is 5.75 Å². The van der Waals surface area contributed by atoms with Gasteiger partial charge < -0.3 is 14.6 Å². The van der Waals surface area contributed by atoms with Gasteiger partial charge in [0.05, 0.1) is 4.90 Å². The Morgan fingerprint density at radius 3 is 2.38 bits per heavy atom. The van der Waals surface area contributed by atoms with Crippen LogP contribution in [-0.4, -0.2) is 26.1 Å². The lowest BCUT2D eigenvalue weighted by molar-refractivity contribution is -0.118. The first-order valence-corrected chi connectivity index (χ1v) is 10.4. The van der Waals surface area contributed by atoms with Crippen molar-refractivity contribution in [3.8, 4) is 5.75 Å². The normalized spacial score (nSPS) is 11.1. The summed E-state index contributed by atoms with van der Waals surface area (Å²) in [6, 6.07) is 14.8. The van der Waals surface area contributed by atoms with Crippen LogP contribution in [0, 0.1) is 6.92 Å². The predicted molar refractivity (Wildman–Crippen MR) is 108 cm³/mol. The number of nitrogens with zero attached hydrogens (tertiary/aromatic N) is 1. The molecule has 1 aromatic heterocycles. The zero-order valence-corrected chi connectivity index (χ0v) is 16.8. The van der Waals surface area contributed by atoms with Crippen LogP contribution in [0.1, 0.15) is 18.2 Å². The van der Waals surface area contributed by atoms with E-state index in [1.807, 2.05) is 24.3 Å². The fraction of sp³-hybridized carbons (Fsp3) is 0.200. The Balaban J connectivity index is 1.55. The molecule has 0 aliphatic carbocycles. The van der Waals surface area contributed by atoms with Crippen LogP contribution in [0.4, 0.5) is 11.5 Å². The van der Waals surface area contributed by atoms with Gasteiger partial charge >= 0.3 is 0 Å². The van der Waals surface area contributed by atoms with Gasteiger partial charge in [-0.25, -0.2) is 8.42 Å². The molecule has 0 bridgehead atoms. The van der Waals surface area contributed by atoms with Gasteiger partial charge in [-0.2, -0.15) is 0 Å². The molecule has 0 saturated carbocycles. The van der Waals surface area contributed by atoms with Crippen LogP contribution in [0.25, 0.3) is 0 Å². The van der Waals surface area contributed by atoms with E-state index in [4.69, 9.17) is 9.26 Å². The molecule has 2 aromatic carbocycles. The number of ether oxygens (including phenoxy) is 1. The van der Waals surface area contributed by atoms with Crippen molar-refractivity contribution in [2.45, 2.75) is 25.2 Å². The van der Waals surface area contributed by atoms with E-state index in [1.165, 1.54) is 35.9 Å². The lowest BCUT2D eigenvalue weighted by Gasteiger charge is -2.09. The second-order valence-electron chi connectivity index (χ2n) is 6.29. The Morgan fingerprint density at radius 2 is 1.79 bits per heavy atom. The van der Waals surface area contributed by atoms with Gasteiger partial charge in [-0.3, -0.25) is 9.52 Å². The smallest absolute Gasteiger partial charge is 0.263 e. The average molecular weight is 415 g/mol. The monoisotopic (exact) mass is 415 g/mol. The van der Waals surface area contributed by atoms with Crippen molar-refractivity contribution in [1.29, 1.82) is 0 Å². The van der Waals surface area contributed by atoms with Crippen molar-refractivity contribution >= 4 is 27.4 Å². The van der Waals surface area contributed by atoms with Crippen molar-refractivity contribution in [1.82, 2.24) is 5.16 Å². The zero-order chi connectivity index (χ0) is 20.9. The van der Waals surface area contributed by atoms with E-state index in [-0.39, 0.29) is 23.2 Å². The number of aryl methyl sites for hydroxylation is 2. The van der Waals surface area contributed by atoms with Gasteiger partial charge in [0.2, 0.25) is 0 Å². The van der Waals surface area contributed by atoms with Crippen LogP contribution in [-0.2, 0) is 21.2 Å². The molecule has 9 heteroatoms. The van der Waals surface area contributed by atoms with Gasteiger partial charge in [-0.15, -0.1) is 0 Å². The third-order valence-corrected chi connectivity index (χ3v) is 5.39. The number of amides is 1. The second-order valence-corrected chi connectivity index (χ2v) is 7.97. The van der Waals surface area contributed by atoms with Gasteiger partial charge in [0.1, 0.15) is 11.5 Å². The maximum Gasteiger partial charge on any atom is 0.263 e. The topological polar surface area (TPSA) is 111 Å². The molecule has 29 heavy (non-hydrogen) atoms. The third kappa shape index (κ3) is 5.58. The Labute approximate surface area is 168 Å². The van der Waals surface area contributed by atoms with E-state index in [2.05, 4.69) is 22.1 Å². The highest BCUT2D eigenvalue weighted by Gasteiger charge is 2.16. The van der Waals surface area contributed by atoms with Gasteiger partial charge in [0.25, 0.3) is 15.9 Å². The fourth-order valence-electron chi connectivity index (χ4n) is 2.50. The molecule has 8 nitrogen and oxygen atoms in total. The Kier molecular flexibility index (Phi) is 6.18. The number of carbonyl (C=O) groups is 1. The number of rotatable bonds is 8. The molecule has 0 aliphatic heterocycles.